The SMILES string of the molecule is CCOCCOCCOc1ccc(C[C@@H](CO)N=Cc2ccc(OC)cc2)cc1. The number of rotatable bonds is 14. The molecule has 0 bridgehead atoms. The molecule has 0 aromatic heterocycles. The molecule has 0 aliphatic rings. The maximum Gasteiger partial charge on any atom is 0.119 e. The Balaban J connectivity index is 1.75. The van der Waals surface area contributed by atoms with E-state index in [-0.39, 0.29) is 12.6 Å². The van der Waals surface area contributed by atoms with Crippen LogP contribution in [0.15, 0.2) is 53.5 Å². The van der Waals surface area contributed by atoms with Crippen molar-refractivity contribution < 1.29 is 24.1 Å². The Kier molecular flexibility index (Phi) is 10.8. The zero-order chi connectivity index (χ0) is 20.7. The van der Waals surface area contributed by atoms with Crippen LogP contribution in [-0.4, -0.2) is 64.1 Å². The average molecular weight is 402 g/mol. The maximum atomic E-state index is 9.64. The third kappa shape index (κ3) is 9.09. The molecule has 0 radical (unpaired) electrons. The van der Waals surface area contributed by atoms with Crippen molar-refractivity contribution in [3.8, 4) is 11.5 Å². The molecule has 2 rings (SSSR count). The van der Waals surface area contributed by atoms with Crippen molar-refractivity contribution >= 4 is 6.21 Å². The first-order valence-electron chi connectivity index (χ1n) is 9.90. The van der Waals surface area contributed by atoms with Crippen LogP contribution in [0.4, 0.5) is 0 Å². The Morgan fingerprint density at radius 2 is 1.55 bits per heavy atom. The normalized spacial score (nSPS) is 12.2. The molecule has 0 saturated carbocycles. The van der Waals surface area contributed by atoms with Gasteiger partial charge in [0.2, 0.25) is 0 Å². The highest BCUT2D eigenvalue weighted by Crippen LogP contribution is 2.15. The fourth-order valence-electron chi connectivity index (χ4n) is 2.62. The van der Waals surface area contributed by atoms with Crippen LogP contribution in [0.25, 0.3) is 0 Å². The number of benzene rings is 2. The van der Waals surface area contributed by atoms with Crippen LogP contribution in [0.3, 0.4) is 0 Å². The summed E-state index contributed by atoms with van der Waals surface area (Å²) in [5, 5.41) is 9.64. The van der Waals surface area contributed by atoms with Gasteiger partial charge in [-0.1, -0.05) is 12.1 Å². The van der Waals surface area contributed by atoms with Crippen molar-refractivity contribution in [2.24, 2.45) is 4.99 Å². The lowest BCUT2D eigenvalue weighted by molar-refractivity contribution is 0.0405. The number of hydrogen-bond donors (Lipinski definition) is 1. The Labute approximate surface area is 173 Å². The van der Waals surface area contributed by atoms with Gasteiger partial charge in [-0.2, -0.15) is 0 Å². The molecule has 6 nitrogen and oxygen atoms in total. The summed E-state index contributed by atoms with van der Waals surface area (Å²) in [5.41, 5.74) is 2.06. The van der Waals surface area contributed by atoms with Crippen LogP contribution in [0, 0.1) is 0 Å². The van der Waals surface area contributed by atoms with E-state index >= 15 is 0 Å². The smallest absolute Gasteiger partial charge is 0.119 e. The summed E-state index contributed by atoms with van der Waals surface area (Å²) in [5.74, 6) is 1.60. The topological polar surface area (TPSA) is 69.5 Å². The highest BCUT2D eigenvalue weighted by atomic mass is 16.5. The van der Waals surface area contributed by atoms with Gasteiger partial charge in [-0.3, -0.25) is 4.99 Å². The monoisotopic (exact) mass is 401 g/mol. The fraction of sp³-hybridized carbons (Fsp3) is 0.435. The molecule has 6 heteroatoms. The van der Waals surface area contributed by atoms with Crippen molar-refractivity contribution in [1.82, 2.24) is 0 Å². The van der Waals surface area contributed by atoms with Crippen molar-refractivity contribution in [2.75, 3.05) is 46.8 Å². The van der Waals surface area contributed by atoms with Gasteiger partial charge in [-0.25, -0.2) is 0 Å². The highest BCUT2D eigenvalue weighted by Gasteiger charge is 2.06. The van der Waals surface area contributed by atoms with E-state index in [9.17, 15) is 5.11 Å². The number of ether oxygens (including phenoxy) is 4. The zero-order valence-electron chi connectivity index (χ0n) is 17.3. The number of aliphatic imine (C=N–C) groups is 1. The zero-order valence-corrected chi connectivity index (χ0v) is 17.3. The van der Waals surface area contributed by atoms with Gasteiger partial charge in [0.15, 0.2) is 0 Å². The minimum atomic E-state index is -0.192. The van der Waals surface area contributed by atoms with Crippen LogP contribution in [0.2, 0.25) is 0 Å². The second kappa shape index (κ2) is 13.7. The molecule has 29 heavy (non-hydrogen) atoms. The lowest BCUT2D eigenvalue weighted by Crippen LogP contribution is -2.14. The summed E-state index contributed by atoms with van der Waals surface area (Å²) in [6, 6.07) is 15.3. The van der Waals surface area contributed by atoms with E-state index in [1.807, 2.05) is 55.5 Å². The quantitative estimate of drug-likeness (QED) is 0.389. The maximum absolute atomic E-state index is 9.64. The van der Waals surface area contributed by atoms with Gasteiger partial charge in [0.1, 0.15) is 18.1 Å². The Morgan fingerprint density at radius 3 is 2.21 bits per heavy atom. The molecule has 0 aliphatic carbocycles. The first kappa shape index (κ1) is 22.9. The average Bonchev–Trinajstić information content (AvgIpc) is 2.77. The van der Waals surface area contributed by atoms with Crippen molar-refractivity contribution in [3.63, 3.8) is 0 Å². The third-order valence-electron chi connectivity index (χ3n) is 4.23. The van der Waals surface area contributed by atoms with Crippen LogP contribution >= 0.6 is 0 Å². The first-order valence-corrected chi connectivity index (χ1v) is 9.90. The molecule has 158 valence electrons. The van der Waals surface area contributed by atoms with E-state index in [4.69, 9.17) is 18.9 Å². The molecule has 0 unspecified atom stereocenters. The standard InChI is InChI=1S/C23H31NO5/c1-3-27-12-13-28-14-15-29-23-10-4-19(5-11-23)16-21(18-25)24-17-20-6-8-22(26-2)9-7-20/h4-11,17,21,25H,3,12-16,18H2,1-2H3/t21-/m0/s1. The van der Waals surface area contributed by atoms with Gasteiger partial charge >= 0.3 is 0 Å². The summed E-state index contributed by atoms with van der Waals surface area (Å²) in [6.45, 7) is 4.87. The van der Waals surface area contributed by atoms with Gasteiger partial charge in [0.05, 0.1) is 39.6 Å². The second-order valence-corrected chi connectivity index (χ2v) is 6.39. The van der Waals surface area contributed by atoms with Gasteiger partial charge in [0, 0.05) is 12.8 Å². The summed E-state index contributed by atoms with van der Waals surface area (Å²) in [6.07, 6.45) is 2.44. The molecule has 0 heterocycles. The van der Waals surface area contributed by atoms with E-state index < -0.39 is 0 Å². The summed E-state index contributed by atoms with van der Waals surface area (Å²) in [7, 11) is 1.64. The van der Waals surface area contributed by atoms with Gasteiger partial charge in [0.25, 0.3) is 0 Å². The molecule has 0 aliphatic heterocycles. The van der Waals surface area contributed by atoms with Crippen molar-refractivity contribution in [2.45, 2.75) is 19.4 Å². The van der Waals surface area contributed by atoms with Crippen LogP contribution in [0.5, 0.6) is 11.5 Å². The van der Waals surface area contributed by atoms with Gasteiger partial charge in [-0.05, 0) is 60.9 Å². The van der Waals surface area contributed by atoms with Crippen LogP contribution < -0.4 is 9.47 Å². The van der Waals surface area contributed by atoms with E-state index in [1.165, 1.54) is 0 Å². The van der Waals surface area contributed by atoms with Gasteiger partial charge < -0.3 is 24.1 Å². The summed E-state index contributed by atoms with van der Waals surface area (Å²) < 4.78 is 21.4. The number of methoxy groups -OCH3 is 1. The minimum Gasteiger partial charge on any atom is -0.497 e. The minimum absolute atomic E-state index is 0.00993. The molecular formula is C23H31NO5. The Bertz CT molecular complexity index is 700. The molecule has 0 spiro atoms. The molecule has 0 saturated heterocycles. The lowest BCUT2D eigenvalue weighted by Gasteiger charge is -2.11. The molecule has 0 fully saturated rings. The van der Waals surface area contributed by atoms with E-state index in [1.54, 1.807) is 13.3 Å². The van der Waals surface area contributed by atoms with Crippen LogP contribution in [0.1, 0.15) is 18.1 Å². The number of aliphatic hydroxyl groups excluding tert-OH is 1. The number of aliphatic hydroxyl groups is 1. The molecule has 1 N–H and O–H groups in total. The molecule has 1 atom stereocenters. The molecular weight excluding hydrogens is 370 g/mol. The van der Waals surface area contributed by atoms with E-state index in [2.05, 4.69) is 4.99 Å². The molecule has 0 amide bonds. The predicted octanol–water partition coefficient (Wildman–Crippen LogP) is 3.15. The molecule has 2 aromatic rings. The van der Waals surface area contributed by atoms with Crippen molar-refractivity contribution in [1.29, 1.82) is 0 Å². The summed E-state index contributed by atoms with van der Waals surface area (Å²) in [4.78, 5) is 4.50. The third-order valence-corrected chi connectivity index (χ3v) is 4.23. The van der Waals surface area contributed by atoms with E-state index in [0.29, 0.717) is 39.5 Å². The second-order valence-electron chi connectivity index (χ2n) is 6.39. The predicted molar refractivity (Wildman–Crippen MR) is 114 cm³/mol. The largest absolute Gasteiger partial charge is 0.497 e. The molecule has 2 aromatic carbocycles. The Hall–Kier alpha value is -2.41. The number of nitrogens with zero attached hydrogens (tertiary/aromatic N) is 1. The lowest BCUT2D eigenvalue weighted by atomic mass is 10.1. The highest BCUT2D eigenvalue weighted by molar-refractivity contribution is 5.79. The van der Waals surface area contributed by atoms with Gasteiger partial charge in [-0.15, -0.1) is 0 Å². The van der Waals surface area contributed by atoms with Crippen molar-refractivity contribution in [3.05, 3.63) is 59.7 Å². The number of hydrogen-bond acceptors (Lipinski definition) is 6. The van der Waals surface area contributed by atoms with E-state index in [0.717, 1.165) is 22.6 Å². The first-order chi connectivity index (χ1) is 14.2. The van der Waals surface area contributed by atoms with Crippen LogP contribution in [-0.2, 0) is 15.9 Å². The Morgan fingerprint density at radius 1 is 0.897 bits per heavy atom. The summed E-state index contributed by atoms with van der Waals surface area (Å²) >= 11 is 0. The fourth-order valence-corrected chi connectivity index (χ4v) is 2.62.